The number of hydrogen-bond donors (Lipinski definition) is 0. The maximum atomic E-state index is 5.10. The normalized spacial score (nSPS) is 11.6. The van der Waals surface area contributed by atoms with Crippen LogP contribution in [0.5, 0.6) is 0 Å². The summed E-state index contributed by atoms with van der Waals surface area (Å²) in [6.07, 6.45) is 3.89. The van der Waals surface area contributed by atoms with E-state index in [1.54, 1.807) is 0 Å². The summed E-state index contributed by atoms with van der Waals surface area (Å²) in [7, 11) is 0. The molecule has 0 aliphatic carbocycles. The van der Waals surface area contributed by atoms with Gasteiger partial charge in [0.1, 0.15) is 11.6 Å². The lowest BCUT2D eigenvalue weighted by Gasteiger charge is -2.12. The number of rotatable bonds is 12. The molecule has 618 valence electrons. The number of fused-ring (bicyclic) bond motifs is 18. The average Bonchev–Trinajstić information content (AvgIpc) is 1.51. The molecule has 27 rings (SSSR count). The van der Waals surface area contributed by atoms with Crippen molar-refractivity contribution in [2.45, 2.75) is 0 Å². The highest BCUT2D eigenvalue weighted by Gasteiger charge is 2.23. The summed E-state index contributed by atoms with van der Waals surface area (Å²) < 4.78 is 14.9. The molecule has 0 radical (unpaired) electrons. The van der Waals surface area contributed by atoms with Gasteiger partial charge >= 0.3 is 0 Å². The van der Waals surface area contributed by atoms with Gasteiger partial charge in [0.2, 0.25) is 0 Å². The van der Waals surface area contributed by atoms with Crippen molar-refractivity contribution in [3.05, 3.63) is 455 Å². The molecule has 0 fully saturated rings. The van der Waals surface area contributed by atoms with Crippen LogP contribution >= 0.6 is 34.0 Å². The van der Waals surface area contributed by atoms with Crippen LogP contribution in [0.2, 0.25) is 0 Å². The third-order valence-corrected chi connectivity index (χ3v) is 28.7. The first kappa shape index (κ1) is 77.6. The van der Waals surface area contributed by atoms with E-state index in [1.807, 2.05) is 119 Å². The minimum absolute atomic E-state index is 0.588. The first-order chi connectivity index (χ1) is 65.4. The van der Waals surface area contributed by atoms with Crippen molar-refractivity contribution in [2.75, 3.05) is 0 Å². The van der Waals surface area contributed by atoms with Gasteiger partial charge in [-0.1, -0.05) is 303 Å². The molecule has 0 bridgehead atoms. The molecular weight excluding hydrogens is 1660 g/mol. The van der Waals surface area contributed by atoms with Crippen LogP contribution in [0.3, 0.4) is 0 Å². The zero-order chi connectivity index (χ0) is 87.1. The Bertz CT molecular complexity index is 8090. The summed E-state index contributed by atoms with van der Waals surface area (Å²) in [5.74, 6) is 3.62. The molecular formula is C120H75N9S3. The van der Waals surface area contributed by atoms with Crippen LogP contribution in [0.25, 0.3) is 244 Å². The van der Waals surface area contributed by atoms with E-state index in [-0.39, 0.29) is 0 Å². The Kier molecular flexibility index (Phi) is 19.3. The van der Waals surface area contributed by atoms with Crippen LogP contribution in [-0.4, -0.2) is 43.6 Å². The van der Waals surface area contributed by atoms with E-state index in [2.05, 4.69) is 384 Å². The fraction of sp³-hybridized carbons (Fsp3) is 0. The van der Waals surface area contributed by atoms with Gasteiger partial charge in [-0.3, -0.25) is 9.13 Å². The van der Waals surface area contributed by atoms with Gasteiger partial charge in [-0.05, 0) is 178 Å². The number of nitrogens with zero attached hydrogens (tertiary/aromatic N) is 9. The molecule has 0 saturated heterocycles. The van der Waals surface area contributed by atoms with Gasteiger partial charge in [-0.25, -0.2) is 29.9 Å². The summed E-state index contributed by atoms with van der Waals surface area (Å²) in [5.41, 5.74) is 24.5. The molecule has 0 atom stereocenters. The number of pyridine rings is 3. The maximum Gasteiger partial charge on any atom is 0.165 e. The highest BCUT2D eigenvalue weighted by molar-refractivity contribution is 7.26. The maximum absolute atomic E-state index is 5.10. The number of benzene rings is 17. The molecule has 0 saturated carbocycles. The molecule has 0 aliphatic heterocycles. The zero-order valence-corrected chi connectivity index (χ0v) is 73.5. The van der Waals surface area contributed by atoms with Crippen LogP contribution < -0.4 is 0 Å². The fourth-order valence-electron chi connectivity index (χ4n) is 19.0. The second-order valence-electron chi connectivity index (χ2n) is 33.2. The minimum Gasteiger partial charge on any atom is -0.309 e. The molecule has 9 nitrogen and oxygen atoms in total. The van der Waals surface area contributed by atoms with Crippen LogP contribution in [0.4, 0.5) is 0 Å². The van der Waals surface area contributed by atoms with Crippen molar-refractivity contribution in [3.63, 3.8) is 0 Å². The Morgan fingerprint density at radius 2 is 0.447 bits per heavy atom. The topological polar surface area (TPSA) is 92.1 Å². The van der Waals surface area contributed by atoms with Gasteiger partial charge in [0.15, 0.2) is 17.5 Å². The molecule has 0 amide bonds. The summed E-state index contributed by atoms with van der Waals surface area (Å²) in [5, 5.41) is 15.3. The molecule has 12 heteroatoms. The fourth-order valence-corrected chi connectivity index (χ4v) is 22.4. The summed E-state index contributed by atoms with van der Waals surface area (Å²) >= 11 is 5.58. The van der Waals surface area contributed by atoms with Gasteiger partial charge in [0.25, 0.3) is 0 Å². The molecule has 17 aromatic carbocycles. The lowest BCUT2D eigenvalue weighted by Crippen LogP contribution is -2.01. The van der Waals surface area contributed by atoms with Crippen molar-refractivity contribution in [2.24, 2.45) is 0 Å². The van der Waals surface area contributed by atoms with Crippen LogP contribution in [0.15, 0.2) is 455 Å². The predicted molar refractivity (Wildman–Crippen MR) is 557 cm³/mol. The molecule has 0 N–H and O–H groups in total. The predicted octanol–water partition coefficient (Wildman–Crippen LogP) is 32.8. The van der Waals surface area contributed by atoms with Gasteiger partial charge in [0, 0.05) is 144 Å². The SMILES string of the molecule is c1ccc(-c2cc(-c3ccc(-n4c5ccccc5c5cc6sc7ccccc7c6cc54)cc3)cc(-c3ccccc3)n2)cc1.c1ccc(-c2cc(-c3ccccc3)cc(-c3ccc(-n4c5ccccc5c5cc6sc7ccccc7c6cc54)nc3)c2)cc1.c1ccc(-c2nc(-c3ccccc3)nc(-c3ccc(-n4c5ccccc5c5cc6sc7ccccc7c6cc54)nc3)n2)cc1. The molecule has 0 aliphatic rings. The number of para-hydroxylation sites is 3. The second-order valence-corrected chi connectivity index (χ2v) is 36.5. The zero-order valence-electron chi connectivity index (χ0n) is 71.1. The monoisotopic (exact) mass is 1740 g/mol. The van der Waals surface area contributed by atoms with Crippen molar-refractivity contribution in [1.82, 2.24) is 43.6 Å². The van der Waals surface area contributed by atoms with E-state index in [0.717, 1.165) is 89.8 Å². The van der Waals surface area contributed by atoms with Gasteiger partial charge < -0.3 is 4.57 Å². The number of hydrogen-bond acceptors (Lipinski definition) is 9. The molecule has 0 unspecified atom stereocenters. The van der Waals surface area contributed by atoms with Crippen LogP contribution in [0.1, 0.15) is 0 Å². The molecule has 10 aromatic heterocycles. The third kappa shape index (κ3) is 14.0. The Labute approximate surface area is 771 Å². The van der Waals surface area contributed by atoms with Crippen molar-refractivity contribution >= 4 is 160 Å². The molecule has 132 heavy (non-hydrogen) atoms. The van der Waals surface area contributed by atoms with E-state index in [9.17, 15) is 0 Å². The van der Waals surface area contributed by atoms with E-state index in [1.165, 1.54) is 137 Å². The summed E-state index contributed by atoms with van der Waals surface area (Å²) in [6, 6.07) is 157. The van der Waals surface area contributed by atoms with Crippen LogP contribution in [0, 0.1) is 0 Å². The lowest BCUT2D eigenvalue weighted by atomic mass is 9.94. The Morgan fingerprint density at radius 3 is 0.826 bits per heavy atom. The quantitative estimate of drug-likeness (QED) is 0.121. The average molecular weight is 1740 g/mol. The first-order valence-electron chi connectivity index (χ1n) is 44.2. The Morgan fingerprint density at radius 1 is 0.159 bits per heavy atom. The third-order valence-electron chi connectivity index (χ3n) is 25.3. The molecule has 27 aromatic rings. The highest BCUT2D eigenvalue weighted by Crippen LogP contribution is 2.46. The summed E-state index contributed by atoms with van der Waals surface area (Å²) in [4.78, 5) is 29.7. The van der Waals surface area contributed by atoms with Crippen molar-refractivity contribution in [3.8, 4) is 119 Å². The summed E-state index contributed by atoms with van der Waals surface area (Å²) in [6.45, 7) is 0. The minimum atomic E-state index is 0.588. The van der Waals surface area contributed by atoms with E-state index in [0.29, 0.717) is 17.5 Å². The number of aromatic nitrogens is 9. The highest BCUT2D eigenvalue weighted by atomic mass is 32.1. The van der Waals surface area contributed by atoms with Crippen molar-refractivity contribution < 1.29 is 0 Å². The Balaban J connectivity index is 0.000000106. The van der Waals surface area contributed by atoms with Crippen molar-refractivity contribution in [1.29, 1.82) is 0 Å². The van der Waals surface area contributed by atoms with Gasteiger partial charge in [0.05, 0.1) is 44.5 Å². The standard InChI is InChI=1S/2C41H26N2S.C38H23N5S/c1-3-11-28(12-4-1)36-23-30(24-37(42-36)29-13-5-2-6-14-29)27-19-21-31(22-20-27)43-38-17-9-7-15-32(38)34-26-41-35(25-39(34)43)33-16-8-10-18-40(33)44-41;1-3-11-27(12-4-1)30-21-31(28-13-5-2-6-14-28)23-32(22-30)29-19-20-41(42-26-29)43-37-17-9-7-15-33(37)35-25-40-36(24-38(35)43)34-16-8-10-18-39(34)44-40;1-3-11-24(12-4-1)36-40-37(25-13-5-2-6-14-25)42-38(41-36)26-19-20-35(39-23-26)43-31-17-9-7-15-27(31)29-22-34-30(21-32(29)43)28-16-8-10-18-33(28)44-34/h2*1-26H;1-23H. The van der Waals surface area contributed by atoms with E-state index < -0.39 is 0 Å². The molecule has 10 heterocycles. The Hall–Kier alpha value is -16.7. The lowest BCUT2D eigenvalue weighted by molar-refractivity contribution is 1.05. The first-order valence-corrected chi connectivity index (χ1v) is 46.7. The largest absolute Gasteiger partial charge is 0.309 e. The van der Waals surface area contributed by atoms with E-state index in [4.69, 9.17) is 29.9 Å². The van der Waals surface area contributed by atoms with Gasteiger partial charge in [-0.15, -0.1) is 34.0 Å². The van der Waals surface area contributed by atoms with E-state index >= 15 is 0 Å². The number of thiophene rings is 3. The molecule has 0 spiro atoms. The van der Waals surface area contributed by atoms with Crippen LogP contribution in [-0.2, 0) is 0 Å². The smallest absolute Gasteiger partial charge is 0.165 e. The van der Waals surface area contributed by atoms with Gasteiger partial charge in [-0.2, -0.15) is 0 Å². The second kappa shape index (κ2) is 32.8.